The number of carbonyl (C=O) groups excluding carboxylic acids is 1. The summed E-state index contributed by atoms with van der Waals surface area (Å²) in [5.74, 6) is -0.753. The molecule has 0 spiro atoms. The van der Waals surface area contributed by atoms with Crippen molar-refractivity contribution in [1.29, 1.82) is 5.26 Å². The SMILES string of the molecule is CC(C(=O)Nc1sc2c(c1C#N)CCCC2)n1nc(C(F)F)c(Cl)c1C(F)F. The van der Waals surface area contributed by atoms with Gasteiger partial charge in [0, 0.05) is 4.88 Å². The predicted octanol–water partition coefficient (Wildman–Crippen LogP) is 5.42. The molecule has 0 radical (unpaired) electrons. The minimum Gasteiger partial charge on any atom is -0.315 e. The Morgan fingerprint density at radius 1 is 1.29 bits per heavy atom. The number of fused-ring (bicyclic) bond motifs is 1. The Balaban J connectivity index is 1.92. The molecular weight excluding hydrogens is 420 g/mol. The van der Waals surface area contributed by atoms with Crippen LogP contribution in [0.4, 0.5) is 22.6 Å². The topological polar surface area (TPSA) is 70.7 Å². The molecule has 0 aromatic carbocycles. The van der Waals surface area contributed by atoms with Crippen molar-refractivity contribution in [2.45, 2.75) is 51.5 Å². The molecule has 1 aliphatic rings. The molecular formula is C17H15ClF4N4OS. The minimum atomic E-state index is -3.19. The summed E-state index contributed by atoms with van der Waals surface area (Å²) in [6.45, 7) is 1.25. The van der Waals surface area contributed by atoms with E-state index < -0.39 is 41.2 Å². The van der Waals surface area contributed by atoms with E-state index >= 15 is 0 Å². The van der Waals surface area contributed by atoms with Crippen LogP contribution >= 0.6 is 22.9 Å². The molecule has 0 saturated carbocycles. The van der Waals surface area contributed by atoms with Gasteiger partial charge >= 0.3 is 0 Å². The molecule has 2 aromatic rings. The van der Waals surface area contributed by atoms with E-state index in [1.807, 2.05) is 0 Å². The van der Waals surface area contributed by atoms with E-state index in [0.717, 1.165) is 36.1 Å². The van der Waals surface area contributed by atoms with Gasteiger partial charge in [-0.2, -0.15) is 10.4 Å². The van der Waals surface area contributed by atoms with Gasteiger partial charge in [-0.25, -0.2) is 22.2 Å². The van der Waals surface area contributed by atoms with Crippen molar-refractivity contribution in [1.82, 2.24) is 9.78 Å². The molecule has 2 aromatic heterocycles. The van der Waals surface area contributed by atoms with Crippen molar-refractivity contribution >= 4 is 33.8 Å². The Kier molecular flexibility index (Phi) is 5.95. The quantitative estimate of drug-likeness (QED) is 0.638. The standard InChI is InChI=1S/C17H15ClF4N4OS/c1-7(26-13(15(21)22)11(18)12(25-26)14(19)20)16(27)24-17-9(6-23)8-4-2-3-5-10(8)28-17/h7,14-15H,2-5H2,1H3,(H,24,27). The number of aryl methyl sites for hydroxylation is 1. The van der Waals surface area contributed by atoms with Gasteiger partial charge < -0.3 is 5.32 Å². The summed E-state index contributed by atoms with van der Waals surface area (Å²) < 4.78 is 53.1. The highest BCUT2D eigenvalue weighted by molar-refractivity contribution is 7.16. The molecule has 1 unspecified atom stereocenters. The Morgan fingerprint density at radius 2 is 1.96 bits per heavy atom. The third-order valence-electron chi connectivity index (χ3n) is 4.59. The summed E-state index contributed by atoms with van der Waals surface area (Å²) in [4.78, 5) is 13.6. The van der Waals surface area contributed by atoms with Gasteiger partial charge in [-0.3, -0.25) is 4.79 Å². The van der Waals surface area contributed by atoms with E-state index in [0.29, 0.717) is 15.2 Å². The van der Waals surface area contributed by atoms with Gasteiger partial charge in [0.15, 0.2) is 0 Å². The summed E-state index contributed by atoms with van der Waals surface area (Å²) in [6, 6.07) is 0.745. The normalized spacial score (nSPS) is 14.8. The van der Waals surface area contributed by atoms with Gasteiger partial charge in [0.2, 0.25) is 5.91 Å². The number of nitrogens with one attached hydrogen (secondary N) is 1. The fourth-order valence-corrected chi connectivity index (χ4v) is 4.71. The number of thiophene rings is 1. The average molecular weight is 435 g/mol. The third kappa shape index (κ3) is 3.61. The van der Waals surface area contributed by atoms with Crippen LogP contribution in [-0.4, -0.2) is 15.7 Å². The van der Waals surface area contributed by atoms with Crippen molar-refractivity contribution < 1.29 is 22.4 Å². The van der Waals surface area contributed by atoms with Gasteiger partial charge in [0.05, 0.1) is 10.6 Å². The van der Waals surface area contributed by atoms with Crippen LogP contribution in [0.25, 0.3) is 0 Å². The van der Waals surface area contributed by atoms with E-state index in [9.17, 15) is 27.6 Å². The highest BCUT2D eigenvalue weighted by Crippen LogP contribution is 2.39. The summed E-state index contributed by atoms with van der Waals surface area (Å²) in [5, 5.41) is 14.9. The number of hydrogen-bond donors (Lipinski definition) is 1. The van der Waals surface area contributed by atoms with E-state index in [2.05, 4.69) is 16.5 Å². The molecule has 0 aliphatic heterocycles. The molecule has 3 rings (SSSR count). The Morgan fingerprint density at radius 3 is 2.57 bits per heavy atom. The number of halogens is 5. The first kappa shape index (κ1) is 20.6. The minimum absolute atomic E-state index is 0.331. The first-order chi connectivity index (χ1) is 13.3. The number of aromatic nitrogens is 2. The molecule has 1 aliphatic carbocycles. The fourth-order valence-electron chi connectivity index (χ4n) is 3.18. The van der Waals surface area contributed by atoms with Gasteiger partial charge in [-0.1, -0.05) is 11.6 Å². The lowest BCUT2D eigenvalue weighted by Gasteiger charge is -2.15. The van der Waals surface area contributed by atoms with Crippen molar-refractivity contribution in [3.8, 4) is 6.07 Å². The zero-order valence-electron chi connectivity index (χ0n) is 14.6. The van der Waals surface area contributed by atoms with Crippen molar-refractivity contribution in [2.24, 2.45) is 0 Å². The van der Waals surface area contributed by atoms with E-state index in [-0.39, 0.29) is 0 Å². The largest absolute Gasteiger partial charge is 0.315 e. The Bertz CT molecular complexity index is 950. The van der Waals surface area contributed by atoms with Gasteiger partial charge in [0.1, 0.15) is 28.5 Å². The number of alkyl halides is 4. The number of rotatable bonds is 5. The zero-order chi connectivity index (χ0) is 20.6. The second kappa shape index (κ2) is 8.09. The van der Waals surface area contributed by atoms with E-state index in [4.69, 9.17) is 11.6 Å². The molecule has 0 fully saturated rings. The smallest absolute Gasteiger partial charge is 0.283 e. The third-order valence-corrected chi connectivity index (χ3v) is 6.19. The first-order valence-corrected chi connectivity index (χ1v) is 9.65. The van der Waals surface area contributed by atoms with Gasteiger partial charge in [-0.15, -0.1) is 11.3 Å². The lowest BCUT2D eigenvalue weighted by Crippen LogP contribution is -2.26. The highest BCUT2D eigenvalue weighted by Gasteiger charge is 2.32. The second-order valence-electron chi connectivity index (χ2n) is 6.32. The Labute approximate surface area is 166 Å². The number of amides is 1. The lowest BCUT2D eigenvalue weighted by atomic mass is 9.96. The number of nitrogens with zero attached hydrogens (tertiary/aromatic N) is 3. The van der Waals surface area contributed by atoms with Crippen molar-refractivity contribution in [3.05, 3.63) is 32.4 Å². The fraction of sp³-hybridized carbons (Fsp3) is 0.471. The first-order valence-electron chi connectivity index (χ1n) is 8.45. The second-order valence-corrected chi connectivity index (χ2v) is 7.81. The van der Waals surface area contributed by atoms with Crippen LogP contribution in [0.1, 0.15) is 66.1 Å². The highest BCUT2D eigenvalue weighted by atomic mass is 35.5. The molecule has 28 heavy (non-hydrogen) atoms. The molecule has 0 bridgehead atoms. The molecule has 11 heteroatoms. The predicted molar refractivity (Wildman–Crippen MR) is 96.2 cm³/mol. The van der Waals surface area contributed by atoms with Crippen LogP contribution in [0.2, 0.25) is 5.02 Å². The molecule has 1 atom stereocenters. The van der Waals surface area contributed by atoms with Crippen LogP contribution in [-0.2, 0) is 17.6 Å². The maximum atomic E-state index is 13.3. The summed E-state index contributed by atoms with van der Waals surface area (Å²) >= 11 is 6.90. The van der Waals surface area contributed by atoms with Crippen LogP contribution < -0.4 is 5.32 Å². The van der Waals surface area contributed by atoms with Crippen molar-refractivity contribution in [3.63, 3.8) is 0 Å². The molecule has 0 saturated heterocycles. The number of anilines is 1. The molecule has 1 amide bonds. The van der Waals surface area contributed by atoms with Crippen LogP contribution in [0.15, 0.2) is 0 Å². The summed E-state index contributed by atoms with van der Waals surface area (Å²) in [5.41, 5.74) is -0.676. The zero-order valence-corrected chi connectivity index (χ0v) is 16.2. The maximum Gasteiger partial charge on any atom is 0.283 e. The molecule has 1 N–H and O–H groups in total. The van der Waals surface area contributed by atoms with E-state index in [1.54, 1.807) is 0 Å². The molecule has 150 valence electrons. The number of carbonyl (C=O) groups is 1. The van der Waals surface area contributed by atoms with Crippen molar-refractivity contribution in [2.75, 3.05) is 5.32 Å². The average Bonchev–Trinajstić information content (AvgIpc) is 3.17. The van der Waals surface area contributed by atoms with Gasteiger partial charge in [0.25, 0.3) is 12.9 Å². The van der Waals surface area contributed by atoms with Crippen LogP contribution in [0.5, 0.6) is 0 Å². The monoisotopic (exact) mass is 434 g/mol. The number of hydrogen-bond acceptors (Lipinski definition) is 4. The Hall–Kier alpha value is -2.12. The number of nitriles is 1. The summed E-state index contributed by atoms with van der Waals surface area (Å²) in [7, 11) is 0. The molecule has 5 nitrogen and oxygen atoms in total. The van der Waals surface area contributed by atoms with Gasteiger partial charge in [-0.05, 0) is 38.2 Å². The lowest BCUT2D eigenvalue weighted by molar-refractivity contribution is -0.119. The van der Waals surface area contributed by atoms with E-state index in [1.165, 1.54) is 18.3 Å². The van der Waals surface area contributed by atoms with Crippen LogP contribution in [0.3, 0.4) is 0 Å². The summed E-state index contributed by atoms with van der Waals surface area (Å²) in [6.07, 6.45) is -2.86. The molecule has 2 heterocycles. The maximum absolute atomic E-state index is 13.3. The van der Waals surface area contributed by atoms with Crippen LogP contribution in [0, 0.1) is 11.3 Å².